The third kappa shape index (κ3) is 2.23. The molecule has 0 bridgehead atoms. The Bertz CT molecular complexity index is 117. The molecular formula is C6H13N4. The van der Waals surface area contributed by atoms with Gasteiger partial charge >= 0.3 is 0 Å². The lowest BCUT2D eigenvalue weighted by Crippen LogP contribution is -2.42. The Labute approximate surface area is 60.9 Å². The number of guanidine groups is 1. The van der Waals surface area contributed by atoms with Gasteiger partial charge in [0.2, 0.25) is 5.96 Å². The molecule has 1 rings (SSSR count). The molecule has 0 aliphatic carbocycles. The summed E-state index contributed by atoms with van der Waals surface area (Å²) in [6.45, 7) is 1.92. The summed E-state index contributed by atoms with van der Waals surface area (Å²) in [5.74, 6) is -0.0816. The summed E-state index contributed by atoms with van der Waals surface area (Å²) in [5.41, 5.74) is 8.93. The largest absolute Gasteiger partial charge is 0.367 e. The highest BCUT2D eigenvalue weighted by molar-refractivity contribution is 5.73. The molecule has 1 fully saturated rings. The predicted molar refractivity (Wildman–Crippen MR) is 39.5 cm³/mol. The van der Waals surface area contributed by atoms with E-state index in [-0.39, 0.29) is 5.96 Å². The maximum absolute atomic E-state index is 6.90. The summed E-state index contributed by atoms with van der Waals surface area (Å²) in [4.78, 5) is 0. The monoisotopic (exact) mass is 141 g/mol. The number of nitrogens with zero attached hydrogens (tertiary/aromatic N) is 2. The van der Waals surface area contributed by atoms with E-state index in [1.807, 2.05) is 5.01 Å². The summed E-state index contributed by atoms with van der Waals surface area (Å²) < 4.78 is 0. The Morgan fingerprint density at radius 1 is 1.30 bits per heavy atom. The first-order chi connectivity index (χ1) is 4.79. The van der Waals surface area contributed by atoms with Crippen molar-refractivity contribution in [2.75, 3.05) is 13.1 Å². The zero-order chi connectivity index (χ0) is 7.40. The molecule has 4 nitrogen and oxygen atoms in total. The lowest BCUT2D eigenvalue weighted by Gasteiger charge is -2.23. The fourth-order valence-corrected chi connectivity index (χ4v) is 1.13. The summed E-state index contributed by atoms with van der Waals surface area (Å²) in [6.07, 6.45) is 3.64. The van der Waals surface area contributed by atoms with Crippen LogP contribution in [0.5, 0.6) is 0 Å². The molecule has 1 heterocycles. The van der Waals surface area contributed by atoms with Crippen LogP contribution in [0.1, 0.15) is 19.3 Å². The lowest BCUT2D eigenvalue weighted by atomic mass is 10.2. The van der Waals surface area contributed by atoms with E-state index in [2.05, 4.69) is 5.43 Å². The summed E-state index contributed by atoms with van der Waals surface area (Å²) >= 11 is 0. The zero-order valence-corrected chi connectivity index (χ0v) is 6.01. The lowest BCUT2D eigenvalue weighted by molar-refractivity contribution is 0.187. The molecule has 1 saturated heterocycles. The van der Waals surface area contributed by atoms with E-state index in [9.17, 15) is 0 Å². The SMILES string of the molecule is N=C(N)[N]N1CCCCC1. The molecule has 0 aromatic rings. The number of hydrogen-bond acceptors (Lipinski definition) is 2. The van der Waals surface area contributed by atoms with Crippen LogP contribution in [0.25, 0.3) is 0 Å². The number of hydrogen-bond donors (Lipinski definition) is 2. The van der Waals surface area contributed by atoms with Crippen LogP contribution in [0.4, 0.5) is 0 Å². The number of nitrogens with two attached hydrogens (primary N) is 1. The second kappa shape index (κ2) is 3.41. The zero-order valence-electron chi connectivity index (χ0n) is 6.01. The Balaban J connectivity index is 2.19. The van der Waals surface area contributed by atoms with Gasteiger partial charge in [0.05, 0.1) is 0 Å². The van der Waals surface area contributed by atoms with Gasteiger partial charge in [0.1, 0.15) is 0 Å². The van der Waals surface area contributed by atoms with Gasteiger partial charge in [0, 0.05) is 13.1 Å². The molecule has 0 amide bonds. The summed E-state index contributed by atoms with van der Waals surface area (Å²) in [7, 11) is 0. The Kier molecular flexibility index (Phi) is 2.50. The maximum atomic E-state index is 6.90. The second-order valence-electron chi connectivity index (χ2n) is 2.50. The van der Waals surface area contributed by atoms with E-state index >= 15 is 0 Å². The van der Waals surface area contributed by atoms with E-state index in [0.29, 0.717) is 0 Å². The molecular weight excluding hydrogens is 128 g/mol. The Morgan fingerprint density at radius 3 is 2.40 bits per heavy atom. The van der Waals surface area contributed by atoms with Crippen molar-refractivity contribution in [1.82, 2.24) is 10.4 Å². The first-order valence-electron chi connectivity index (χ1n) is 3.59. The average Bonchev–Trinajstić information content (AvgIpc) is 1.88. The predicted octanol–water partition coefficient (Wildman–Crippen LogP) is -0.115. The van der Waals surface area contributed by atoms with Crippen LogP contribution in [0.2, 0.25) is 0 Å². The standard InChI is InChI=1S/C6H13N4/c7-6(8)9-10-4-2-1-3-5-10/h1-5H2,(H3,7,8). The smallest absolute Gasteiger partial charge is 0.224 e. The minimum atomic E-state index is -0.0816. The minimum absolute atomic E-state index is 0.0816. The third-order valence-electron chi connectivity index (χ3n) is 1.58. The highest BCUT2D eigenvalue weighted by atomic mass is 15.5. The van der Waals surface area contributed by atoms with Gasteiger partial charge in [-0.05, 0) is 12.8 Å². The van der Waals surface area contributed by atoms with Gasteiger partial charge in [-0.15, -0.1) is 0 Å². The number of nitrogens with one attached hydrogen (secondary N) is 1. The molecule has 3 N–H and O–H groups in total. The molecule has 1 radical (unpaired) electrons. The van der Waals surface area contributed by atoms with Gasteiger partial charge in [-0.2, -0.15) is 10.4 Å². The highest BCUT2D eigenvalue weighted by Crippen LogP contribution is 2.05. The topological polar surface area (TPSA) is 67.2 Å². The van der Waals surface area contributed by atoms with Crippen LogP contribution in [0.15, 0.2) is 0 Å². The molecule has 0 saturated carbocycles. The van der Waals surface area contributed by atoms with Gasteiger partial charge in [0.15, 0.2) is 0 Å². The molecule has 0 spiro atoms. The van der Waals surface area contributed by atoms with Crippen LogP contribution >= 0.6 is 0 Å². The van der Waals surface area contributed by atoms with Gasteiger partial charge in [-0.1, -0.05) is 6.42 Å². The molecule has 1 aliphatic rings. The van der Waals surface area contributed by atoms with Crippen molar-refractivity contribution in [2.24, 2.45) is 5.73 Å². The molecule has 4 heteroatoms. The van der Waals surface area contributed by atoms with Crippen molar-refractivity contribution < 1.29 is 0 Å². The normalized spacial score (nSPS) is 20.4. The molecule has 0 unspecified atom stereocenters. The van der Waals surface area contributed by atoms with Crippen LogP contribution in [0.3, 0.4) is 0 Å². The van der Waals surface area contributed by atoms with Gasteiger partial charge in [0.25, 0.3) is 0 Å². The molecule has 10 heavy (non-hydrogen) atoms. The van der Waals surface area contributed by atoms with Crippen molar-refractivity contribution in [2.45, 2.75) is 19.3 Å². The molecule has 57 valence electrons. The quantitative estimate of drug-likeness (QED) is 0.395. The summed E-state index contributed by atoms with van der Waals surface area (Å²) in [5, 5.41) is 8.77. The highest BCUT2D eigenvalue weighted by Gasteiger charge is 2.10. The number of rotatable bonds is 1. The van der Waals surface area contributed by atoms with Crippen molar-refractivity contribution in [1.29, 1.82) is 5.41 Å². The Hall–Kier alpha value is -0.770. The molecule has 0 aromatic carbocycles. The average molecular weight is 141 g/mol. The first kappa shape index (κ1) is 7.34. The van der Waals surface area contributed by atoms with Crippen molar-refractivity contribution in [3.8, 4) is 0 Å². The van der Waals surface area contributed by atoms with Crippen LogP contribution in [-0.4, -0.2) is 24.1 Å². The molecule has 0 aromatic heterocycles. The van der Waals surface area contributed by atoms with Crippen molar-refractivity contribution in [3.63, 3.8) is 0 Å². The molecule has 0 atom stereocenters. The van der Waals surface area contributed by atoms with E-state index in [1.54, 1.807) is 0 Å². The van der Waals surface area contributed by atoms with Crippen LogP contribution < -0.4 is 11.2 Å². The van der Waals surface area contributed by atoms with E-state index < -0.39 is 0 Å². The van der Waals surface area contributed by atoms with Gasteiger partial charge in [-0.3, -0.25) is 5.41 Å². The number of piperidine rings is 1. The van der Waals surface area contributed by atoms with Crippen LogP contribution in [0, 0.1) is 5.41 Å². The third-order valence-corrected chi connectivity index (χ3v) is 1.58. The van der Waals surface area contributed by atoms with E-state index in [0.717, 1.165) is 13.1 Å². The van der Waals surface area contributed by atoms with E-state index in [1.165, 1.54) is 19.3 Å². The first-order valence-corrected chi connectivity index (χ1v) is 3.59. The van der Waals surface area contributed by atoms with E-state index in [4.69, 9.17) is 11.1 Å². The Morgan fingerprint density at radius 2 is 1.90 bits per heavy atom. The fraction of sp³-hybridized carbons (Fsp3) is 0.833. The van der Waals surface area contributed by atoms with Gasteiger partial charge in [-0.25, -0.2) is 0 Å². The molecule has 1 aliphatic heterocycles. The summed E-state index contributed by atoms with van der Waals surface area (Å²) in [6, 6.07) is 0. The minimum Gasteiger partial charge on any atom is -0.367 e. The fourth-order valence-electron chi connectivity index (χ4n) is 1.13. The second-order valence-corrected chi connectivity index (χ2v) is 2.50. The van der Waals surface area contributed by atoms with Gasteiger partial charge < -0.3 is 5.73 Å². The van der Waals surface area contributed by atoms with Crippen molar-refractivity contribution >= 4 is 5.96 Å². The van der Waals surface area contributed by atoms with Crippen molar-refractivity contribution in [3.05, 3.63) is 0 Å². The van der Waals surface area contributed by atoms with Crippen LogP contribution in [-0.2, 0) is 0 Å². The maximum Gasteiger partial charge on any atom is 0.224 e.